The van der Waals surface area contributed by atoms with E-state index in [1.54, 1.807) is 20.8 Å². The lowest BCUT2D eigenvalue weighted by atomic mass is 10.1. The lowest BCUT2D eigenvalue weighted by Crippen LogP contribution is -2.45. The van der Waals surface area contributed by atoms with Gasteiger partial charge in [-0.3, -0.25) is 4.79 Å². The summed E-state index contributed by atoms with van der Waals surface area (Å²) >= 11 is 0. The first-order chi connectivity index (χ1) is 12.4. The fraction of sp³-hybridized carbons (Fsp3) is 0.889. The number of halogens is 1. The van der Waals surface area contributed by atoms with Crippen LogP contribution in [0.4, 0.5) is 4.79 Å². The van der Waals surface area contributed by atoms with Crippen molar-refractivity contribution >= 4 is 24.4 Å². The average molecular weight is 426 g/mol. The topological polar surface area (TPSA) is 168 Å². The highest BCUT2D eigenvalue weighted by molar-refractivity contribution is 5.85. The number of nitrogens with two attached hydrogens (primary N) is 2. The van der Waals surface area contributed by atoms with Crippen molar-refractivity contribution in [2.75, 3.05) is 0 Å². The second kappa shape index (κ2) is 11.8. The van der Waals surface area contributed by atoms with Crippen LogP contribution in [-0.4, -0.2) is 57.4 Å². The molecule has 2 amide bonds. The van der Waals surface area contributed by atoms with Crippen molar-refractivity contribution in [2.45, 2.75) is 89.4 Å². The van der Waals surface area contributed by atoms with Crippen LogP contribution in [0.15, 0.2) is 0 Å². The van der Waals surface area contributed by atoms with Crippen LogP contribution >= 0.6 is 12.4 Å². The van der Waals surface area contributed by atoms with E-state index in [1.165, 1.54) is 12.8 Å². The third-order valence-corrected chi connectivity index (χ3v) is 4.35. The smallest absolute Gasteiger partial charge is 0.408 e. The average Bonchev–Trinajstić information content (AvgIpc) is 3.40. The van der Waals surface area contributed by atoms with Crippen LogP contribution in [0.1, 0.15) is 59.3 Å². The number of primary amides is 1. The predicted molar refractivity (Wildman–Crippen MR) is 106 cm³/mol. The van der Waals surface area contributed by atoms with Crippen LogP contribution in [0.25, 0.3) is 0 Å². The van der Waals surface area contributed by atoms with E-state index >= 15 is 0 Å². The highest BCUT2D eigenvalue weighted by Crippen LogP contribution is 2.34. The van der Waals surface area contributed by atoms with Crippen molar-refractivity contribution in [3.8, 4) is 0 Å². The number of hydrogen-bond donors (Lipinski definition) is 6. The van der Waals surface area contributed by atoms with Crippen LogP contribution in [0.5, 0.6) is 0 Å². The van der Waals surface area contributed by atoms with Gasteiger partial charge < -0.3 is 36.8 Å². The van der Waals surface area contributed by atoms with Crippen molar-refractivity contribution in [3.05, 3.63) is 0 Å². The number of hydrogen-bond acceptors (Lipinski definition) is 7. The van der Waals surface area contributed by atoms with Crippen molar-refractivity contribution < 1.29 is 29.6 Å². The first-order valence-corrected chi connectivity index (χ1v) is 9.47. The van der Waals surface area contributed by atoms with Gasteiger partial charge in [0.15, 0.2) is 6.29 Å². The Hall–Kier alpha value is -1.13. The normalized spacial score (nSPS) is 19.4. The number of carbonyl (C=O) groups excluding carboxylic acids is 2. The lowest BCUT2D eigenvalue weighted by molar-refractivity contribution is -0.127. The number of aliphatic hydroxyl groups is 3. The summed E-state index contributed by atoms with van der Waals surface area (Å²) in [6.45, 7) is 5.29. The Labute approximate surface area is 172 Å². The molecular formula is C18H36ClN3O6. The number of nitrogens with one attached hydrogen (secondary N) is 1. The Balaban J connectivity index is 0.000000535. The summed E-state index contributed by atoms with van der Waals surface area (Å²) in [7, 11) is 0. The van der Waals surface area contributed by atoms with Gasteiger partial charge in [-0.2, -0.15) is 0 Å². The Morgan fingerprint density at radius 1 is 1.07 bits per heavy atom. The first kappa shape index (κ1) is 26.9. The van der Waals surface area contributed by atoms with Gasteiger partial charge in [-0.1, -0.05) is 25.7 Å². The molecule has 0 radical (unpaired) electrons. The molecule has 2 saturated carbocycles. The summed E-state index contributed by atoms with van der Waals surface area (Å²) in [5.41, 5.74) is 9.80. The number of ether oxygens (including phenoxy) is 1. The zero-order chi connectivity index (χ0) is 20.8. The van der Waals surface area contributed by atoms with E-state index in [0.717, 1.165) is 12.8 Å². The van der Waals surface area contributed by atoms with Crippen molar-refractivity contribution in [1.82, 2.24) is 5.32 Å². The fourth-order valence-electron chi connectivity index (χ4n) is 2.51. The molecule has 0 aromatic carbocycles. The molecule has 0 bridgehead atoms. The zero-order valence-electron chi connectivity index (χ0n) is 16.8. The number of rotatable bonds is 8. The van der Waals surface area contributed by atoms with E-state index in [-0.39, 0.29) is 12.4 Å². The predicted octanol–water partition coefficient (Wildman–Crippen LogP) is 0.372. The van der Waals surface area contributed by atoms with Gasteiger partial charge in [0.2, 0.25) is 5.91 Å². The van der Waals surface area contributed by atoms with Crippen LogP contribution in [0.2, 0.25) is 0 Å². The molecule has 0 aromatic rings. The number of aliphatic hydroxyl groups excluding tert-OH is 2. The standard InChI is InChI=1S/C11H21NO4.C7H14N2O2.ClH/c1-11(2,3)16-10(15)12-8(9(13)14)6-7-4-5-7;8-5(3-4-1-2-4)6(10)7(9)11;/h7-9,13-14H,4-6H2,1-3H3,(H,12,15);4-6,10H,1-3,8H2,(H2,9,11);1H. The molecule has 2 aliphatic carbocycles. The second-order valence-electron chi connectivity index (χ2n) is 8.54. The maximum atomic E-state index is 11.4. The Morgan fingerprint density at radius 3 is 1.89 bits per heavy atom. The van der Waals surface area contributed by atoms with E-state index in [2.05, 4.69) is 5.32 Å². The molecule has 10 heteroatoms. The van der Waals surface area contributed by atoms with Gasteiger partial charge in [0.1, 0.15) is 11.7 Å². The van der Waals surface area contributed by atoms with Gasteiger partial charge in [-0.05, 0) is 45.4 Å². The summed E-state index contributed by atoms with van der Waals surface area (Å²) in [6, 6.07) is -1.11. The summed E-state index contributed by atoms with van der Waals surface area (Å²) in [6.07, 6.45) is 2.52. The van der Waals surface area contributed by atoms with Crippen molar-refractivity contribution in [3.63, 3.8) is 0 Å². The molecule has 0 heterocycles. The monoisotopic (exact) mass is 425 g/mol. The van der Waals surface area contributed by atoms with Gasteiger partial charge in [0.25, 0.3) is 0 Å². The molecule has 0 spiro atoms. The maximum Gasteiger partial charge on any atom is 0.408 e. The van der Waals surface area contributed by atoms with E-state index in [4.69, 9.17) is 31.5 Å². The van der Waals surface area contributed by atoms with Crippen molar-refractivity contribution in [1.29, 1.82) is 0 Å². The van der Waals surface area contributed by atoms with Gasteiger partial charge in [-0.15, -0.1) is 12.4 Å². The van der Waals surface area contributed by atoms with Crippen LogP contribution in [-0.2, 0) is 9.53 Å². The molecule has 3 atom stereocenters. The van der Waals surface area contributed by atoms with Gasteiger partial charge in [0.05, 0.1) is 6.04 Å². The fourth-order valence-corrected chi connectivity index (χ4v) is 2.51. The maximum absolute atomic E-state index is 11.4. The van der Waals surface area contributed by atoms with E-state index < -0.39 is 42.1 Å². The van der Waals surface area contributed by atoms with Crippen LogP contribution in [0, 0.1) is 11.8 Å². The Kier molecular flexibility index (Phi) is 11.3. The van der Waals surface area contributed by atoms with Crippen molar-refractivity contribution in [2.24, 2.45) is 23.3 Å². The van der Waals surface area contributed by atoms with Crippen LogP contribution in [0.3, 0.4) is 0 Å². The van der Waals surface area contributed by atoms with Gasteiger partial charge >= 0.3 is 6.09 Å². The minimum Gasteiger partial charge on any atom is -0.444 e. The first-order valence-electron chi connectivity index (χ1n) is 9.47. The minimum atomic E-state index is -1.53. The second-order valence-corrected chi connectivity index (χ2v) is 8.54. The highest BCUT2D eigenvalue weighted by Gasteiger charge is 2.31. The molecule has 0 saturated heterocycles. The van der Waals surface area contributed by atoms with Gasteiger partial charge in [0, 0.05) is 6.04 Å². The largest absolute Gasteiger partial charge is 0.444 e. The zero-order valence-corrected chi connectivity index (χ0v) is 17.7. The summed E-state index contributed by atoms with van der Waals surface area (Å²) in [5.74, 6) is 0.388. The third kappa shape index (κ3) is 12.4. The number of carbonyl (C=O) groups is 2. The van der Waals surface area contributed by atoms with Crippen LogP contribution < -0.4 is 16.8 Å². The summed E-state index contributed by atoms with van der Waals surface area (Å²) in [5, 5.41) is 29.8. The molecule has 8 N–H and O–H groups in total. The number of amides is 2. The van der Waals surface area contributed by atoms with E-state index in [1.807, 2.05) is 0 Å². The highest BCUT2D eigenvalue weighted by atomic mass is 35.5. The molecule has 3 unspecified atom stereocenters. The SMILES string of the molecule is CC(C)(C)OC(=O)NC(CC1CC1)C(O)O.Cl.NC(=O)C(O)C(N)CC1CC1. The van der Waals surface area contributed by atoms with E-state index in [9.17, 15) is 9.59 Å². The summed E-state index contributed by atoms with van der Waals surface area (Å²) in [4.78, 5) is 21.9. The van der Waals surface area contributed by atoms with E-state index in [0.29, 0.717) is 24.7 Å². The number of alkyl carbamates (subject to hydrolysis) is 1. The minimum absolute atomic E-state index is 0. The Morgan fingerprint density at radius 2 is 1.54 bits per heavy atom. The lowest BCUT2D eigenvalue weighted by Gasteiger charge is -2.24. The summed E-state index contributed by atoms with van der Waals surface area (Å²) < 4.78 is 5.05. The quantitative estimate of drug-likeness (QED) is 0.305. The molecule has 0 aromatic heterocycles. The molecule has 2 rings (SSSR count). The molecule has 166 valence electrons. The molecule has 2 aliphatic rings. The molecule has 2 fully saturated rings. The molecular weight excluding hydrogens is 390 g/mol. The Bertz CT molecular complexity index is 492. The molecule has 0 aliphatic heterocycles. The van der Waals surface area contributed by atoms with Gasteiger partial charge in [-0.25, -0.2) is 4.79 Å². The molecule has 28 heavy (non-hydrogen) atoms. The third-order valence-electron chi connectivity index (χ3n) is 4.35. The molecule has 9 nitrogen and oxygen atoms in total.